The molecule has 1 unspecified atom stereocenters. The number of hydrogen-bond donors (Lipinski definition) is 1. The van der Waals surface area contributed by atoms with Crippen LogP contribution in [0.3, 0.4) is 0 Å². The number of carbonyl (C=O) groups excluding carboxylic acids is 1. The average Bonchev–Trinajstić information content (AvgIpc) is 2.31. The first kappa shape index (κ1) is 12.0. The Kier molecular flexibility index (Phi) is 3.74. The van der Waals surface area contributed by atoms with Crippen molar-refractivity contribution < 1.29 is 9.18 Å². The molecule has 1 amide bonds. The van der Waals surface area contributed by atoms with Crippen LogP contribution in [0.2, 0.25) is 0 Å². The second-order valence-electron chi connectivity index (χ2n) is 4.52. The molecule has 1 fully saturated rings. The van der Waals surface area contributed by atoms with Crippen LogP contribution in [0.15, 0.2) is 24.3 Å². The maximum absolute atomic E-state index is 13.7. The van der Waals surface area contributed by atoms with Crippen molar-refractivity contribution in [2.75, 3.05) is 24.5 Å². The molecule has 17 heavy (non-hydrogen) atoms. The monoisotopic (exact) mass is 236 g/mol. The van der Waals surface area contributed by atoms with E-state index in [2.05, 4.69) is 12.2 Å². The number of para-hydroxylation sites is 1. The predicted octanol–water partition coefficient (Wildman–Crippen LogP) is 1.79. The number of halogens is 1. The third kappa shape index (κ3) is 2.82. The van der Waals surface area contributed by atoms with Gasteiger partial charge in [-0.1, -0.05) is 19.1 Å². The van der Waals surface area contributed by atoms with E-state index in [1.165, 1.54) is 6.07 Å². The molecule has 1 atom stereocenters. The first-order valence-corrected chi connectivity index (χ1v) is 5.94. The van der Waals surface area contributed by atoms with Crippen LogP contribution in [0.5, 0.6) is 0 Å². The van der Waals surface area contributed by atoms with Gasteiger partial charge in [-0.2, -0.15) is 0 Å². The summed E-state index contributed by atoms with van der Waals surface area (Å²) in [6.45, 7) is 4.14. The summed E-state index contributed by atoms with van der Waals surface area (Å²) in [7, 11) is 0. The molecule has 1 N–H and O–H groups in total. The van der Waals surface area contributed by atoms with Gasteiger partial charge in [0.2, 0.25) is 5.91 Å². The molecular weight excluding hydrogens is 219 g/mol. The number of carbonyl (C=O) groups is 1. The van der Waals surface area contributed by atoms with Crippen LogP contribution in [0.1, 0.15) is 13.3 Å². The Morgan fingerprint density at radius 3 is 2.94 bits per heavy atom. The molecule has 4 heteroatoms. The third-order valence-electron chi connectivity index (χ3n) is 2.95. The summed E-state index contributed by atoms with van der Waals surface area (Å²) in [6, 6.07) is 6.45. The Bertz CT molecular complexity index is 408. The normalized spacial score (nSPS) is 22.1. The van der Waals surface area contributed by atoms with Crippen molar-refractivity contribution in [2.24, 2.45) is 5.92 Å². The van der Waals surface area contributed by atoms with Crippen molar-refractivity contribution in [1.29, 1.82) is 0 Å². The van der Waals surface area contributed by atoms with Crippen molar-refractivity contribution >= 4 is 11.6 Å². The molecule has 92 valence electrons. The van der Waals surface area contributed by atoms with E-state index in [0.717, 1.165) is 6.54 Å². The number of rotatable bonds is 1. The molecule has 0 spiro atoms. The lowest BCUT2D eigenvalue weighted by Crippen LogP contribution is -2.42. The van der Waals surface area contributed by atoms with Crippen LogP contribution < -0.4 is 10.2 Å². The van der Waals surface area contributed by atoms with Gasteiger partial charge in [0.15, 0.2) is 0 Å². The summed E-state index contributed by atoms with van der Waals surface area (Å²) < 4.78 is 13.7. The average molecular weight is 236 g/mol. The minimum Gasteiger partial charge on any atom is -0.316 e. The number of benzene rings is 1. The minimum absolute atomic E-state index is 0.0193. The van der Waals surface area contributed by atoms with Gasteiger partial charge in [-0.15, -0.1) is 0 Å². The van der Waals surface area contributed by atoms with Gasteiger partial charge in [0, 0.05) is 19.5 Å². The van der Waals surface area contributed by atoms with E-state index >= 15 is 0 Å². The second kappa shape index (κ2) is 5.27. The molecular formula is C13H17FN2O. The SMILES string of the molecule is CC1CNCCC(=O)N(c2ccccc2F)C1. The Labute approximate surface area is 101 Å². The van der Waals surface area contributed by atoms with Gasteiger partial charge in [-0.05, 0) is 24.6 Å². The van der Waals surface area contributed by atoms with Crippen LogP contribution in [0.4, 0.5) is 10.1 Å². The number of amides is 1. The van der Waals surface area contributed by atoms with Crippen molar-refractivity contribution in [2.45, 2.75) is 13.3 Å². The van der Waals surface area contributed by atoms with Gasteiger partial charge >= 0.3 is 0 Å². The molecule has 1 aliphatic rings. The molecule has 0 aromatic heterocycles. The lowest BCUT2D eigenvalue weighted by molar-refractivity contribution is -0.118. The standard InChI is InChI=1S/C13H17FN2O/c1-10-8-15-7-6-13(17)16(9-10)12-5-3-2-4-11(12)14/h2-5,10,15H,6-9H2,1H3. The van der Waals surface area contributed by atoms with Crippen LogP contribution in [-0.4, -0.2) is 25.5 Å². The number of nitrogens with zero attached hydrogens (tertiary/aromatic N) is 1. The predicted molar refractivity (Wildman–Crippen MR) is 65.4 cm³/mol. The zero-order chi connectivity index (χ0) is 12.3. The summed E-state index contributed by atoms with van der Waals surface area (Å²) >= 11 is 0. The second-order valence-corrected chi connectivity index (χ2v) is 4.52. The van der Waals surface area contributed by atoms with Gasteiger partial charge in [0.25, 0.3) is 0 Å². The highest BCUT2D eigenvalue weighted by atomic mass is 19.1. The van der Waals surface area contributed by atoms with Crippen LogP contribution in [-0.2, 0) is 4.79 Å². The molecule has 0 aliphatic carbocycles. The molecule has 3 nitrogen and oxygen atoms in total. The lowest BCUT2D eigenvalue weighted by atomic mass is 10.1. The molecule has 0 radical (unpaired) electrons. The Balaban J connectivity index is 2.26. The summed E-state index contributed by atoms with van der Waals surface area (Å²) in [5.41, 5.74) is 0.395. The zero-order valence-corrected chi connectivity index (χ0v) is 9.95. The molecule has 0 saturated carbocycles. The number of nitrogens with one attached hydrogen (secondary N) is 1. The molecule has 1 aromatic carbocycles. The van der Waals surface area contributed by atoms with E-state index in [-0.39, 0.29) is 11.7 Å². The highest BCUT2D eigenvalue weighted by Crippen LogP contribution is 2.21. The quantitative estimate of drug-likeness (QED) is 0.806. The van der Waals surface area contributed by atoms with Crippen LogP contribution >= 0.6 is 0 Å². The summed E-state index contributed by atoms with van der Waals surface area (Å²) in [5, 5.41) is 3.21. The Morgan fingerprint density at radius 1 is 1.41 bits per heavy atom. The lowest BCUT2D eigenvalue weighted by Gasteiger charge is -2.29. The maximum Gasteiger partial charge on any atom is 0.228 e. The fourth-order valence-corrected chi connectivity index (χ4v) is 2.06. The van der Waals surface area contributed by atoms with Crippen LogP contribution in [0.25, 0.3) is 0 Å². The zero-order valence-electron chi connectivity index (χ0n) is 9.95. The number of hydrogen-bond acceptors (Lipinski definition) is 2. The first-order valence-electron chi connectivity index (χ1n) is 5.94. The van der Waals surface area contributed by atoms with E-state index in [1.807, 2.05) is 0 Å². The molecule has 1 heterocycles. The van der Waals surface area contributed by atoms with E-state index < -0.39 is 0 Å². The summed E-state index contributed by atoms with van der Waals surface area (Å²) in [4.78, 5) is 13.6. The largest absolute Gasteiger partial charge is 0.316 e. The smallest absolute Gasteiger partial charge is 0.228 e. The summed E-state index contributed by atoms with van der Waals surface area (Å²) in [6.07, 6.45) is 0.418. The summed E-state index contributed by atoms with van der Waals surface area (Å²) in [5.74, 6) is -0.0328. The fraction of sp³-hybridized carbons (Fsp3) is 0.462. The minimum atomic E-state index is -0.332. The van der Waals surface area contributed by atoms with E-state index in [4.69, 9.17) is 0 Å². The van der Waals surface area contributed by atoms with E-state index in [1.54, 1.807) is 23.1 Å². The first-order chi connectivity index (χ1) is 8.18. The highest BCUT2D eigenvalue weighted by Gasteiger charge is 2.22. The Hall–Kier alpha value is -1.42. The van der Waals surface area contributed by atoms with E-state index in [0.29, 0.717) is 31.1 Å². The van der Waals surface area contributed by atoms with Gasteiger partial charge in [-0.25, -0.2) is 4.39 Å². The van der Waals surface area contributed by atoms with Gasteiger partial charge < -0.3 is 10.2 Å². The van der Waals surface area contributed by atoms with Gasteiger partial charge in [0.05, 0.1) is 5.69 Å². The molecule has 1 aromatic rings. The third-order valence-corrected chi connectivity index (χ3v) is 2.95. The molecule has 2 rings (SSSR count). The van der Waals surface area contributed by atoms with Crippen molar-refractivity contribution in [3.05, 3.63) is 30.1 Å². The van der Waals surface area contributed by atoms with Crippen molar-refractivity contribution in [3.63, 3.8) is 0 Å². The molecule has 1 aliphatic heterocycles. The van der Waals surface area contributed by atoms with Crippen LogP contribution in [0, 0.1) is 11.7 Å². The van der Waals surface area contributed by atoms with Crippen molar-refractivity contribution in [1.82, 2.24) is 5.32 Å². The van der Waals surface area contributed by atoms with Gasteiger partial charge in [-0.3, -0.25) is 4.79 Å². The van der Waals surface area contributed by atoms with Gasteiger partial charge in [0.1, 0.15) is 5.82 Å². The number of anilines is 1. The molecule has 0 bridgehead atoms. The maximum atomic E-state index is 13.7. The molecule has 1 saturated heterocycles. The Morgan fingerprint density at radius 2 is 2.18 bits per heavy atom. The van der Waals surface area contributed by atoms with E-state index in [9.17, 15) is 9.18 Å². The highest BCUT2D eigenvalue weighted by molar-refractivity contribution is 5.93. The topological polar surface area (TPSA) is 32.3 Å². The van der Waals surface area contributed by atoms with Crippen molar-refractivity contribution in [3.8, 4) is 0 Å². The fourth-order valence-electron chi connectivity index (χ4n) is 2.06.